The minimum Gasteiger partial charge on any atom is -0.496 e. The summed E-state index contributed by atoms with van der Waals surface area (Å²) in [7, 11) is 3.15. The summed E-state index contributed by atoms with van der Waals surface area (Å²) in [4.78, 5) is 15.9. The zero-order chi connectivity index (χ0) is 16.8. The number of methoxy groups -OCH3 is 1. The summed E-state index contributed by atoms with van der Waals surface area (Å²) < 4.78 is 10.5. The first kappa shape index (κ1) is 16.5. The van der Waals surface area contributed by atoms with Gasteiger partial charge in [0.1, 0.15) is 11.5 Å². The van der Waals surface area contributed by atoms with E-state index in [4.69, 9.17) is 9.47 Å². The van der Waals surface area contributed by atoms with Gasteiger partial charge in [0, 0.05) is 18.8 Å². The van der Waals surface area contributed by atoms with Gasteiger partial charge in [-0.05, 0) is 49.2 Å². The summed E-state index contributed by atoms with van der Waals surface area (Å²) in [5.74, 6) is 1.27. The van der Waals surface area contributed by atoms with Gasteiger partial charge in [-0.2, -0.15) is 0 Å². The number of aliphatic imine (C=N–C) groups is 1. The van der Waals surface area contributed by atoms with Crippen LogP contribution in [0.2, 0.25) is 0 Å². The van der Waals surface area contributed by atoms with Crippen LogP contribution in [-0.4, -0.2) is 26.5 Å². The van der Waals surface area contributed by atoms with Gasteiger partial charge < -0.3 is 14.8 Å². The number of hydrogen-bond acceptors (Lipinski definition) is 4. The molecule has 0 saturated heterocycles. The van der Waals surface area contributed by atoms with Gasteiger partial charge in [-0.1, -0.05) is 12.1 Å². The van der Waals surface area contributed by atoms with Gasteiger partial charge in [0.15, 0.2) is 0 Å². The lowest BCUT2D eigenvalue weighted by Gasteiger charge is -2.10. The van der Waals surface area contributed by atoms with E-state index in [2.05, 4.69) is 10.3 Å². The van der Waals surface area contributed by atoms with Gasteiger partial charge in [-0.3, -0.25) is 4.99 Å². The molecule has 0 unspecified atom stereocenters. The van der Waals surface area contributed by atoms with E-state index in [1.807, 2.05) is 38.1 Å². The van der Waals surface area contributed by atoms with Crippen LogP contribution < -0.4 is 14.8 Å². The van der Waals surface area contributed by atoms with E-state index in [0.717, 1.165) is 28.1 Å². The zero-order valence-electron chi connectivity index (χ0n) is 13.7. The number of ether oxygens (including phenoxy) is 2. The number of carbonyl (C=O) groups is 1. The first-order valence-electron chi connectivity index (χ1n) is 7.23. The van der Waals surface area contributed by atoms with E-state index in [1.165, 1.54) is 7.05 Å². The molecular formula is C18H20N2O3. The molecule has 0 bridgehead atoms. The summed E-state index contributed by atoms with van der Waals surface area (Å²) >= 11 is 0. The van der Waals surface area contributed by atoms with E-state index in [-0.39, 0.29) is 0 Å². The lowest BCUT2D eigenvalue weighted by Crippen LogP contribution is -2.22. The summed E-state index contributed by atoms with van der Waals surface area (Å²) in [6.45, 7) is 3.86. The fraction of sp³-hybridized carbons (Fsp3) is 0.222. The molecule has 0 atom stereocenters. The van der Waals surface area contributed by atoms with Crippen LogP contribution in [0, 0.1) is 13.8 Å². The largest absolute Gasteiger partial charge is 0.496 e. The van der Waals surface area contributed by atoms with Gasteiger partial charge in [0.2, 0.25) is 0 Å². The number of amides is 1. The van der Waals surface area contributed by atoms with Crippen LogP contribution in [0.15, 0.2) is 41.4 Å². The Labute approximate surface area is 136 Å². The maximum Gasteiger partial charge on any atom is 0.412 e. The summed E-state index contributed by atoms with van der Waals surface area (Å²) in [6.07, 6.45) is 1.28. The number of nitrogens with zero attached hydrogens (tertiary/aromatic N) is 1. The number of aryl methyl sites for hydroxylation is 2. The average Bonchev–Trinajstić information content (AvgIpc) is 2.54. The highest BCUT2D eigenvalue weighted by molar-refractivity contribution is 5.86. The van der Waals surface area contributed by atoms with Crippen molar-refractivity contribution in [2.24, 2.45) is 4.99 Å². The molecule has 0 aliphatic heterocycles. The lowest BCUT2D eigenvalue weighted by molar-refractivity contribution is 0.203. The molecule has 1 N–H and O–H groups in total. The predicted octanol–water partition coefficient (Wildman–Crippen LogP) is 3.78. The molecule has 0 aliphatic rings. The Morgan fingerprint density at radius 3 is 2.43 bits per heavy atom. The quantitative estimate of drug-likeness (QED) is 0.874. The van der Waals surface area contributed by atoms with Gasteiger partial charge in [0.25, 0.3) is 0 Å². The molecule has 5 nitrogen and oxygen atoms in total. The number of benzene rings is 2. The van der Waals surface area contributed by atoms with E-state index >= 15 is 0 Å². The Bertz CT molecular complexity index is 716. The highest BCUT2D eigenvalue weighted by Gasteiger charge is 2.08. The van der Waals surface area contributed by atoms with E-state index in [1.54, 1.807) is 25.5 Å². The Hall–Kier alpha value is -2.82. The third-order valence-electron chi connectivity index (χ3n) is 3.35. The SMILES string of the molecule is CNC(=O)Oc1cc(C)c(N=Cc2ccccc2OC)c(C)c1. The Kier molecular flexibility index (Phi) is 5.36. The van der Waals surface area contributed by atoms with Crippen molar-refractivity contribution in [3.63, 3.8) is 0 Å². The molecule has 2 aromatic rings. The lowest BCUT2D eigenvalue weighted by atomic mass is 10.1. The number of rotatable bonds is 4. The van der Waals surface area contributed by atoms with Gasteiger partial charge in [0.05, 0.1) is 12.8 Å². The van der Waals surface area contributed by atoms with Crippen LogP contribution in [0.3, 0.4) is 0 Å². The van der Waals surface area contributed by atoms with E-state index in [9.17, 15) is 4.79 Å². The fourth-order valence-electron chi connectivity index (χ4n) is 2.24. The molecule has 0 heterocycles. The summed E-state index contributed by atoms with van der Waals surface area (Å²) in [5, 5.41) is 2.42. The molecule has 120 valence electrons. The summed E-state index contributed by atoms with van der Waals surface area (Å²) in [5.41, 5.74) is 3.60. The van der Waals surface area contributed by atoms with Crippen molar-refractivity contribution in [3.05, 3.63) is 53.1 Å². The Balaban J connectivity index is 2.30. The van der Waals surface area contributed by atoms with Crippen LogP contribution in [0.1, 0.15) is 16.7 Å². The molecule has 0 aliphatic carbocycles. The second-order valence-corrected chi connectivity index (χ2v) is 5.05. The molecule has 1 amide bonds. The van der Waals surface area contributed by atoms with Crippen molar-refractivity contribution in [1.29, 1.82) is 0 Å². The highest BCUT2D eigenvalue weighted by atomic mass is 16.5. The third kappa shape index (κ3) is 4.10. The van der Waals surface area contributed by atoms with Crippen LogP contribution in [0.25, 0.3) is 0 Å². The first-order valence-corrected chi connectivity index (χ1v) is 7.23. The maximum atomic E-state index is 11.3. The molecule has 0 radical (unpaired) electrons. The normalized spacial score (nSPS) is 10.6. The van der Waals surface area contributed by atoms with Gasteiger partial charge in [-0.15, -0.1) is 0 Å². The van der Waals surface area contributed by atoms with Crippen molar-refractivity contribution in [3.8, 4) is 11.5 Å². The average molecular weight is 312 g/mol. The van der Waals surface area contributed by atoms with Gasteiger partial charge >= 0.3 is 6.09 Å². The monoisotopic (exact) mass is 312 g/mol. The Morgan fingerprint density at radius 1 is 1.17 bits per heavy atom. The number of carbonyl (C=O) groups excluding carboxylic acids is 1. The highest BCUT2D eigenvalue weighted by Crippen LogP contribution is 2.29. The predicted molar refractivity (Wildman–Crippen MR) is 91.2 cm³/mol. The smallest absolute Gasteiger partial charge is 0.412 e. The summed E-state index contributed by atoms with van der Waals surface area (Å²) in [6, 6.07) is 11.3. The van der Waals surface area contributed by atoms with E-state index in [0.29, 0.717) is 5.75 Å². The molecule has 0 spiro atoms. The van der Waals surface area contributed by atoms with Crippen molar-refractivity contribution < 1.29 is 14.3 Å². The molecule has 2 rings (SSSR count). The molecule has 5 heteroatoms. The van der Waals surface area contributed by atoms with Gasteiger partial charge in [-0.25, -0.2) is 4.79 Å². The van der Waals surface area contributed by atoms with Crippen molar-refractivity contribution >= 4 is 18.0 Å². The second-order valence-electron chi connectivity index (χ2n) is 5.05. The first-order chi connectivity index (χ1) is 11.0. The number of nitrogens with one attached hydrogen (secondary N) is 1. The number of para-hydroxylation sites is 1. The fourth-order valence-corrected chi connectivity index (χ4v) is 2.24. The van der Waals surface area contributed by atoms with Crippen LogP contribution in [0.4, 0.5) is 10.5 Å². The third-order valence-corrected chi connectivity index (χ3v) is 3.35. The van der Waals surface area contributed by atoms with Crippen molar-refractivity contribution in [2.45, 2.75) is 13.8 Å². The van der Waals surface area contributed by atoms with Crippen molar-refractivity contribution in [1.82, 2.24) is 5.32 Å². The topological polar surface area (TPSA) is 59.9 Å². The second kappa shape index (κ2) is 7.45. The molecule has 0 fully saturated rings. The van der Waals surface area contributed by atoms with Crippen molar-refractivity contribution in [2.75, 3.05) is 14.2 Å². The van der Waals surface area contributed by atoms with E-state index < -0.39 is 6.09 Å². The number of hydrogen-bond donors (Lipinski definition) is 1. The Morgan fingerprint density at radius 2 is 1.83 bits per heavy atom. The molecule has 0 aromatic heterocycles. The molecule has 0 saturated carbocycles. The van der Waals surface area contributed by atoms with Crippen LogP contribution in [-0.2, 0) is 0 Å². The van der Waals surface area contributed by atoms with Crippen LogP contribution in [0.5, 0.6) is 11.5 Å². The standard InChI is InChI=1S/C18H20N2O3/c1-12-9-15(23-18(21)19-3)10-13(2)17(12)20-11-14-7-5-6-8-16(14)22-4/h5-11H,1-4H3,(H,19,21). The molecule has 2 aromatic carbocycles. The molecular weight excluding hydrogens is 292 g/mol. The minimum absolute atomic E-state index is 0.492. The van der Waals surface area contributed by atoms with Crippen LogP contribution >= 0.6 is 0 Å². The maximum absolute atomic E-state index is 11.3. The molecule has 23 heavy (non-hydrogen) atoms. The zero-order valence-corrected chi connectivity index (χ0v) is 13.7. The minimum atomic E-state index is -0.492.